The predicted octanol–water partition coefficient (Wildman–Crippen LogP) is 3.79. The topological polar surface area (TPSA) is 44.8 Å². The zero-order chi connectivity index (χ0) is 16.3. The molecule has 1 rings (SSSR count). The molecule has 1 aromatic rings. The molecule has 0 aromatic heterocycles. The third kappa shape index (κ3) is 4.57. The Morgan fingerprint density at radius 2 is 1.62 bits per heavy atom. The van der Waals surface area contributed by atoms with E-state index < -0.39 is 13.7 Å². The molecule has 0 fully saturated rings. The molecular formula is C16H26O4Si. The molecule has 0 aliphatic heterocycles. The summed E-state index contributed by atoms with van der Waals surface area (Å²) in [6.45, 7) is 10.0. The summed E-state index contributed by atoms with van der Waals surface area (Å²) in [5.41, 5.74) is 0.192. The van der Waals surface area contributed by atoms with Crippen molar-refractivity contribution in [2.75, 3.05) is 14.2 Å². The zero-order valence-corrected chi connectivity index (χ0v) is 15.0. The molecule has 118 valence electrons. The fourth-order valence-electron chi connectivity index (χ4n) is 2.13. The first-order valence-electron chi connectivity index (χ1n) is 7.02. The summed E-state index contributed by atoms with van der Waals surface area (Å²) in [6.07, 6.45) is -0.345. The number of hydrogen-bond donors (Lipinski definition) is 0. The highest BCUT2D eigenvalue weighted by molar-refractivity contribution is 6.69. The molecular weight excluding hydrogens is 284 g/mol. The van der Waals surface area contributed by atoms with Crippen LogP contribution in [0.1, 0.15) is 25.5 Å². The van der Waals surface area contributed by atoms with Crippen molar-refractivity contribution in [3.05, 3.63) is 29.8 Å². The van der Waals surface area contributed by atoms with E-state index in [0.29, 0.717) is 0 Å². The molecule has 0 heterocycles. The lowest BCUT2D eigenvalue weighted by Gasteiger charge is -2.36. The molecule has 0 saturated carbocycles. The van der Waals surface area contributed by atoms with Gasteiger partial charge in [-0.05, 0) is 51.2 Å². The zero-order valence-electron chi connectivity index (χ0n) is 14.0. The van der Waals surface area contributed by atoms with Crippen LogP contribution in [0.4, 0.5) is 0 Å². The Labute approximate surface area is 128 Å². The maximum atomic E-state index is 12.1. The second-order valence-electron chi connectivity index (χ2n) is 6.60. The quantitative estimate of drug-likeness (QED) is 0.592. The molecule has 0 saturated heterocycles. The van der Waals surface area contributed by atoms with Crippen molar-refractivity contribution >= 4 is 14.3 Å². The monoisotopic (exact) mass is 310 g/mol. The van der Waals surface area contributed by atoms with Crippen molar-refractivity contribution in [2.45, 2.75) is 39.6 Å². The number of carbonyl (C=O) groups excluding carboxylic acids is 1. The minimum absolute atomic E-state index is 0.276. The Hall–Kier alpha value is -1.33. The summed E-state index contributed by atoms with van der Waals surface area (Å²) < 4.78 is 16.4. The minimum atomic E-state index is -1.83. The standard InChI is InChI=1S/C16H26O4Si/c1-16(2,15(17)19-4)14(20-21(5,6)7)12-8-10-13(18-3)11-9-12/h8-11,14H,1-7H3. The first-order valence-corrected chi connectivity index (χ1v) is 10.4. The lowest BCUT2D eigenvalue weighted by Crippen LogP contribution is -2.39. The SMILES string of the molecule is COC(=O)C(C)(C)C(O[Si](C)(C)C)c1ccc(OC)cc1. The summed E-state index contributed by atoms with van der Waals surface area (Å²) in [6, 6.07) is 7.63. The molecule has 0 aliphatic carbocycles. The van der Waals surface area contributed by atoms with Crippen LogP contribution in [0.15, 0.2) is 24.3 Å². The number of rotatable bonds is 6. The Bertz CT molecular complexity index is 474. The maximum absolute atomic E-state index is 12.1. The van der Waals surface area contributed by atoms with Crippen LogP contribution in [0, 0.1) is 5.41 Å². The molecule has 0 bridgehead atoms. The summed E-state index contributed by atoms with van der Waals surface area (Å²) in [5.74, 6) is 0.503. The average molecular weight is 310 g/mol. The second kappa shape index (κ2) is 6.62. The van der Waals surface area contributed by atoms with Crippen LogP contribution in [-0.4, -0.2) is 28.5 Å². The highest BCUT2D eigenvalue weighted by atomic mass is 28.4. The Kier molecular flexibility index (Phi) is 5.59. The van der Waals surface area contributed by atoms with Gasteiger partial charge >= 0.3 is 5.97 Å². The van der Waals surface area contributed by atoms with Gasteiger partial charge in [0.25, 0.3) is 0 Å². The van der Waals surface area contributed by atoms with Gasteiger partial charge in [0.15, 0.2) is 8.32 Å². The first kappa shape index (κ1) is 17.7. The van der Waals surface area contributed by atoms with Crippen molar-refractivity contribution in [1.29, 1.82) is 0 Å². The lowest BCUT2D eigenvalue weighted by molar-refractivity contribution is -0.156. The third-order valence-corrected chi connectivity index (χ3v) is 4.20. The number of ether oxygens (including phenoxy) is 2. The summed E-state index contributed by atoms with van der Waals surface area (Å²) in [7, 11) is 1.20. The van der Waals surface area contributed by atoms with E-state index in [1.807, 2.05) is 38.1 Å². The van der Waals surface area contributed by atoms with Crippen LogP contribution < -0.4 is 4.74 Å². The fourth-order valence-corrected chi connectivity index (χ4v) is 3.27. The van der Waals surface area contributed by atoms with E-state index in [4.69, 9.17) is 13.9 Å². The summed E-state index contributed by atoms with van der Waals surface area (Å²) in [4.78, 5) is 12.1. The Balaban J connectivity index is 3.21. The molecule has 0 spiro atoms. The van der Waals surface area contributed by atoms with Gasteiger partial charge in [-0.3, -0.25) is 4.79 Å². The van der Waals surface area contributed by atoms with Gasteiger partial charge in [-0.25, -0.2) is 0 Å². The first-order chi connectivity index (χ1) is 9.61. The summed E-state index contributed by atoms with van der Waals surface area (Å²) >= 11 is 0. The molecule has 1 unspecified atom stereocenters. The maximum Gasteiger partial charge on any atom is 0.314 e. The van der Waals surface area contributed by atoms with Crippen LogP contribution in [-0.2, 0) is 14.0 Å². The fraction of sp³-hybridized carbons (Fsp3) is 0.562. The lowest BCUT2D eigenvalue weighted by atomic mass is 9.82. The van der Waals surface area contributed by atoms with Crippen molar-refractivity contribution in [2.24, 2.45) is 5.41 Å². The molecule has 1 aromatic carbocycles. The van der Waals surface area contributed by atoms with Gasteiger partial charge in [-0.15, -0.1) is 0 Å². The highest BCUT2D eigenvalue weighted by Crippen LogP contribution is 2.40. The Morgan fingerprint density at radius 1 is 1.10 bits per heavy atom. The number of hydrogen-bond acceptors (Lipinski definition) is 4. The van der Waals surface area contributed by atoms with E-state index in [-0.39, 0.29) is 12.1 Å². The number of methoxy groups -OCH3 is 2. The second-order valence-corrected chi connectivity index (χ2v) is 11.1. The molecule has 1 atom stereocenters. The van der Waals surface area contributed by atoms with Gasteiger partial charge in [0.1, 0.15) is 5.75 Å². The molecule has 0 radical (unpaired) electrons. The van der Waals surface area contributed by atoms with Gasteiger partial charge in [-0.2, -0.15) is 0 Å². The normalized spacial score (nSPS) is 13.7. The minimum Gasteiger partial charge on any atom is -0.497 e. The van der Waals surface area contributed by atoms with Crippen LogP contribution in [0.2, 0.25) is 19.6 Å². The molecule has 4 nitrogen and oxygen atoms in total. The molecule has 0 aliphatic rings. The van der Waals surface area contributed by atoms with Crippen LogP contribution >= 0.6 is 0 Å². The van der Waals surface area contributed by atoms with E-state index in [1.165, 1.54) is 7.11 Å². The van der Waals surface area contributed by atoms with E-state index >= 15 is 0 Å². The van der Waals surface area contributed by atoms with Crippen molar-refractivity contribution in [3.63, 3.8) is 0 Å². The average Bonchev–Trinajstić information content (AvgIpc) is 2.43. The number of carbonyl (C=O) groups is 1. The largest absolute Gasteiger partial charge is 0.497 e. The predicted molar refractivity (Wildman–Crippen MR) is 86.0 cm³/mol. The van der Waals surface area contributed by atoms with Crippen LogP contribution in [0.25, 0.3) is 0 Å². The van der Waals surface area contributed by atoms with Gasteiger partial charge in [0, 0.05) is 0 Å². The highest BCUT2D eigenvalue weighted by Gasteiger charge is 2.41. The third-order valence-electron chi connectivity index (χ3n) is 3.26. The van der Waals surface area contributed by atoms with Crippen LogP contribution in [0.5, 0.6) is 5.75 Å². The van der Waals surface area contributed by atoms with Crippen molar-refractivity contribution in [1.82, 2.24) is 0 Å². The smallest absolute Gasteiger partial charge is 0.314 e. The molecule has 21 heavy (non-hydrogen) atoms. The van der Waals surface area contributed by atoms with Crippen molar-refractivity contribution < 1.29 is 18.7 Å². The van der Waals surface area contributed by atoms with Gasteiger partial charge in [0.05, 0.1) is 25.7 Å². The molecule has 0 N–H and O–H groups in total. The van der Waals surface area contributed by atoms with E-state index in [0.717, 1.165) is 11.3 Å². The number of benzene rings is 1. The van der Waals surface area contributed by atoms with Crippen molar-refractivity contribution in [3.8, 4) is 5.75 Å². The number of esters is 1. The van der Waals surface area contributed by atoms with Gasteiger partial charge < -0.3 is 13.9 Å². The van der Waals surface area contributed by atoms with E-state index in [2.05, 4.69) is 19.6 Å². The van der Waals surface area contributed by atoms with Gasteiger partial charge in [0.2, 0.25) is 0 Å². The van der Waals surface area contributed by atoms with Crippen LogP contribution in [0.3, 0.4) is 0 Å². The molecule has 5 heteroatoms. The summed E-state index contributed by atoms with van der Waals surface area (Å²) in [5, 5.41) is 0. The van der Waals surface area contributed by atoms with Gasteiger partial charge in [-0.1, -0.05) is 12.1 Å². The Morgan fingerprint density at radius 3 is 2.00 bits per heavy atom. The van der Waals surface area contributed by atoms with E-state index in [1.54, 1.807) is 7.11 Å². The van der Waals surface area contributed by atoms with E-state index in [9.17, 15) is 4.79 Å². The molecule has 0 amide bonds.